The number of amides is 2. The number of carbonyl (C=O) groups is 2. The molecule has 226 valence electrons. The SMILES string of the molecule is CNc1c(C(C)=N)ncnc1-c1cc(C#Cc2cc(F)c3ncccc3c2)nc(NC(=O)C(C)N(C)C(=O)OC(C)(C)C)c1. The monoisotopic (exact) mass is 596 g/mol. The lowest BCUT2D eigenvalue weighted by Gasteiger charge is -2.28. The van der Waals surface area contributed by atoms with Gasteiger partial charge in [0, 0.05) is 36.8 Å². The molecule has 0 spiro atoms. The summed E-state index contributed by atoms with van der Waals surface area (Å²) in [6.45, 7) is 8.40. The topological polar surface area (TPSA) is 146 Å². The summed E-state index contributed by atoms with van der Waals surface area (Å²) in [6.07, 6.45) is 2.21. The third-order valence-electron chi connectivity index (χ3n) is 6.44. The second kappa shape index (κ2) is 12.8. The molecule has 1 unspecified atom stereocenters. The Bertz CT molecular complexity index is 1820. The number of anilines is 2. The minimum atomic E-state index is -0.905. The highest BCUT2D eigenvalue weighted by Crippen LogP contribution is 2.30. The average Bonchev–Trinajstić information content (AvgIpc) is 2.97. The molecular formula is C32H33FN8O3. The molecule has 0 aliphatic carbocycles. The van der Waals surface area contributed by atoms with Crippen LogP contribution in [0.5, 0.6) is 0 Å². The highest BCUT2D eigenvalue weighted by atomic mass is 19.1. The zero-order chi connectivity index (χ0) is 32.2. The van der Waals surface area contributed by atoms with Gasteiger partial charge in [-0.3, -0.25) is 14.7 Å². The molecule has 1 atom stereocenters. The van der Waals surface area contributed by atoms with Gasteiger partial charge in [-0.05, 0) is 70.9 Å². The summed E-state index contributed by atoms with van der Waals surface area (Å²) < 4.78 is 20.1. The summed E-state index contributed by atoms with van der Waals surface area (Å²) in [7, 11) is 3.16. The van der Waals surface area contributed by atoms with Crippen molar-refractivity contribution >= 4 is 40.1 Å². The smallest absolute Gasteiger partial charge is 0.410 e. The number of ether oxygens (including phenoxy) is 1. The van der Waals surface area contributed by atoms with Gasteiger partial charge in [-0.1, -0.05) is 12.0 Å². The molecule has 4 aromatic rings. The standard InChI is InChI=1S/C32H33FN8O3/c1-18(34)26-29(35-6)28(38-17-37-26)22-15-23(11-10-20-13-21-9-8-12-36-27(21)24(33)14-20)39-25(16-22)40-30(42)19(2)41(7)31(43)44-32(3,4)5/h8-9,12-17,19,34-35H,1-7H3,(H,39,40,42). The summed E-state index contributed by atoms with van der Waals surface area (Å²) in [4.78, 5) is 44.2. The molecular weight excluding hydrogens is 563 g/mol. The lowest BCUT2D eigenvalue weighted by atomic mass is 10.1. The predicted octanol–water partition coefficient (Wildman–Crippen LogP) is 5.25. The van der Waals surface area contributed by atoms with Crippen LogP contribution >= 0.6 is 0 Å². The van der Waals surface area contributed by atoms with Crippen molar-refractivity contribution in [2.75, 3.05) is 24.7 Å². The average molecular weight is 597 g/mol. The van der Waals surface area contributed by atoms with Crippen molar-refractivity contribution in [2.24, 2.45) is 0 Å². The Morgan fingerprint density at radius 3 is 2.55 bits per heavy atom. The van der Waals surface area contributed by atoms with Crippen molar-refractivity contribution in [1.29, 1.82) is 5.41 Å². The van der Waals surface area contributed by atoms with Crippen LogP contribution in [0.15, 0.2) is 48.9 Å². The number of likely N-dealkylation sites (N-methyl/N-ethyl adjacent to an activating group) is 1. The van der Waals surface area contributed by atoms with Gasteiger partial charge in [0.1, 0.15) is 40.7 Å². The van der Waals surface area contributed by atoms with Crippen LogP contribution in [0, 0.1) is 23.1 Å². The summed E-state index contributed by atoms with van der Waals surface area (Å²) in [5, 5.41) is 14.5. The highest BCUT2D eigenvalue weighted by Gasteiger charge is 2.27. The molecule has 3 aromatic heterocycles. The largest absolute Gasteiger partial charge is 0.444 e. The molecule has 44 heavy (non-hydrogen) atoms. The molecule has 0 aliphatic heterocycles. The number of nitrogens with zero attached hydrogens (tertiary/aromatic N) is 5. The third-order valence-corrected chi connectivity index (χ3v) is 6.44. The summed E-state index contributed by atoms with van der Waals surface area (Å²) in [5.41, 5.74) is 2.29. The van der Waals surface area contributed by atoms with Crippen LogP contribution in [0.2, 0.25) is 0 Å². The number of carbonyl (C=O) groups excluding carboxylic acids is 2. The maximum absolute atomic E-state index is 14.7. The Kier molecular flexibility index (Phi) is 9.18. The second-order valence-corrected chi connectivity index (χ2v) is 11.0. The Hall–Kier alpha value is -5.44. The van der Waals surface area contributed by atoms with E-state index in [1.165, 1.54) is 30.5 Å². The number of pyridine rings is 2. The molecule has 0 fully saturated rings. The zero-order valence-electron chi connectivity index (χ0n) is 25.5. The first kappa shape index (κ1) is 31.5. The highest BCUT2D eigenvalue weighted by molar-refractivity contribution is 6.02. The molecule has 2 amide bonds. The van der Waals surface area contributed by atoms with Gasteiger partial charge in [-0.25, -0.2) is 24.1 Å². The molecule has 3 N–H and O–H groups in total. The van der Waals surface area contributed by atoms with E-state index in [-0.39, 0.29) is 22.7 Å². The van der Waals surface area contributed by atoms with Crippen molar-refractivity contribution in [3.63, 3.8) is 0 Å². The maximum Gasteiger partial charge on any atom is 0.410 e. The van der Waals surface area contributed by atoms with Crippen LogP contribution in [-0.2, 0) is 9.53 Å². The van der Waals surface area contributed by atoms with Gasteiger partial charge < -0.3 is 20.8 Å². The number of fused-ring (bicyclic) bond motifs is 1. The number of benzene rings is 1. The minimum Gasteiger partial charge on any atom is -0.444 e. The molecule has 0 saturated heterocycles. The van der Waals surface area contributed by atoms with E-state index in [2.05, 4.69) is 42.4 Å². The maximum atomic E-state index is 14.7. The Morgan fingerprint density at radius 1 is 1.11 bits per heavy atom. The first-order valence-corrected chi connectivity index (χ1v) is 13.7. The van der Waals surface area contributed by atoms with Gasteiger partial charge in [-0.2, -0.15) is 0 Å². The molecule has 0 radical (unpaired) electrons. The van der Waals surface area contributed by atoms with Gasteiger partial charge in [0.05, 0.1) is 17.1 Å². The van der Waals surface area contributed by atoms with Crippen molar-refractivity contribution in [1.82, 2.24) is 24.8 Å². The van der Waals surface area contributed by atoms with Crippen molar-refractivity contribution < 1.29 is 18.7 Å². The Labute approximate surface area is 254 Å². The van der Waals surface area contributed by atoms with Gasteiger partial charge in [0.15, 0.2) is 5.82 Å². The lowest BCUT2D eigenvalue weighted by Crippen LogP contribution is -2.45. The van der Waals surface area contributed by atoms with E-state index >= 15 is 0 Å². The van der Waals surface area contributed by atoms with Crippen LogP contribution in [0.1, 0.15) is 51.6 Å². The fourth-order valence-corrected chi connectivity index (χ4v) is 4.18. The molecule has 0 bridgehead atoms. The van der Waals surface area contributed by atoms with E-state index in [9.17, 15) is 14.0 Å². The van der Waals surface area contributed by atoms with Gasteiger partial charge in [-0.15, -0.1) is 0 Å². The van der Waals surface area contributed by atoms with E-state index in [1.54, 1.807) is 72.0 Å². The summed E-state index contributed by atoms with van der Waals surface area (Å²) in [5.74, 6) is 5.03. The number of rotatable bonds is 6. The first-order valence-electron chi connectivity index (χ1n) is 13.7. The number of hydrogen-bond donors (Lipinski definition) is 3. The first-order chi connectivity index (χ1) is 20.8. The molecule has 12 heteroatoms. The zero-order valence-corrected chi connectivity index (χ0v) is 25.5. The van der Waals surface area contributed by atoms with Crippen molar-refractivity contribution in [2.45, 2.75) is 46.3 Å². The van der Waals surface area contributed by atoms with Gasteiger partial charge in [0.2, 0.25) is 5.91 Å². The van der Waals surface area contributed by atoms with Crippen LogP contribution in [0.4, 0.5) is 20.7 Å². The molecule has 11 nitrogen and oxygen atoms in total. The summed E-state index contributed by atoms with van der Waals surface area (Å²) >= 11 is 0. The number of hydrogen-bond acceptors (Lipinski definition) is 9. The normalized spacial score (nSPS) is 11.6. The quantitative estimate of drug-likeness (QED) is 0.202. The van der Waals surface area contributed by atoms with Crippen molar-refractivity contribution in [3.8, 4) is 23.1 Å². The summed E-state index contributed by atoms with van der Waals surface area (Å²) in [6, 6.07) is 8.86. The van der Waals surface area contributed by atoms with Crippen LogP contribution in [0.3, 0.4) is 0 Å². The Morgan fingerprint density at radius 2 is 1.86 bits per heavy atom. The molecule has 1 aromatic carbocycles. The fourth-order valence-electron chi connectivity index (χ4n) is 4.18. The third kappa shape index (κ3) is 7.30. The van der Waals surface area contributed by atoms with E-state index in [0.717, 1.165) is 0 Å². The lowest BCUT2D eigenvalue weighted by molar-refractivity contribution is -0.120. The number of halogens is 1. The van der Waals surface area contributed by atoms with Crippen molar-refractivity contribution in [3.05, 3.63) is 71.7 Å². The molecule has 3 heterocycles. The van der Waals surface area contributed by atoms with Crippen LogP contribution in [-0.4, -0.2) is 68.3 Å². The minimum absolute atomic E-state index is 0.143. The molecule has 0 saturated carbocycles. The van der Waals surface area contributed by atoms with E-state index in [4.69, 9.17) is 10.1 Å². The van der Waals surface area contributed by atoms with Crippen LogP contribution in [0.25, 0.3) is 22.2 Å². The van der Waals surface area contributed by atoms with E-state index in [1.807, 2.05) is 0 Å². The number of aromatic nitrogens is 4. The fraction of sp³-hybridized carbons (Fsp3) is 0.281. The van der Waals surface area contributed by atoms with Crippen LogP contribution < -0.4 is 10.6 Å². The van der Waals surface area contributed by atoms with Gasteiger partial charge in [0.25, 0.3) is 0 Å². The van der Waals surface area contributed by atoms with E-state index < -0.39 is 29.5 Å². The van der Waals surface area contributed by atoms with E-state index in [0.29, 0.717) is 33.6 Å². The molecule has 4 rings (SSSR count). The second-order valence-electron chi connectivity index (χ2n) is 11.0. The van der Waals surface area contributed by atoms with Gasteiger partial charge >= 0.3 is 6.09 Å². The molecule has 0 aliphatic rings. The Balaban J connectivity index is 1.76. The number of nitrogens with one attached hydrogen (secondary N) is 3. The predicted molar refractivity (Wildman–Crippen MR) is 167 cm³/mol.